The van der Waals surface area contributed by atoms with Gasteiger partial charge in [-0.3, -0.25) is 4.79 Å². The van der Waals surface area contributed by atoms with Crippen LogP contribution in [0.4, 0.5) is 5.69 Å². The molecule has 0 saturated heterocycles. The van der Waals surface area contributed by atoms with Gasteiger partial charge in [0.1, 0.15) is 5.75 Å². The Kier molecular flexibility index (Phi) is 6.02. The Morgan fingerprint density at radius 3 is 2.83 bits per heavy atom. The Labute approximate surface area is 172 Å². The summed E-state index contributed by atoms with van der Waals surface area (Å²) in [5.41, 5.74) is 2.04. The van der Waals surface area contributed by atoms with Crippen LogP contribution in [-0.2, 0) is 16.1 Å². The van der Waals surface area contributed by atoms with Crippen LogP contribution in [-0.4, -0.2) is 60.9 Å². The van der Waals surface area contributed by atoms with Crippen molar-refractivity contribution in [3.05, 3.63) is 23.8 Å². The van der Waals surface area contributed by atoms with Crippen molar-refractivity contribution in [3.8, 4) is 5.75 Å². The van der Waals surface area contributed by atoms with Crippen LogP contribution in [0.3, 0.4) is 0 Å². The molecular weight excluding hydrogens is 368 g/mol. The van der Waals surface area contributed by atoms with E-state index in [0.717, 1.165) is 42.8 Å². The summed E-state index contributed by atoms with van der Waals surface area (Å²) in [6.45, 7) is 1.93. The molecule has 0 N–H and O–H groups in total. The molecule has 0 atom stereocenters. The van der Waals surface area contributed by atoms with Crippen LogP contribution in [0, 0.1) is 0 Å². The van der Waals surface area contributed by atoms with Crippen molar-refractivity contribution >= 4 is 23.5 Å². The van der Waals surface area contributed by atoms with Gasteiger partial charge in [0.25, 0.3) is 0 Å². The third-order valence-electron chi connectivity index (χ3n) is 6.02. The number of carbonyl (C=O) groups excluding carboxylic acids is 1. The molecule has 0 aromatic heterocycles. The number of ether oxygens (including phenoxy) is 2. The monoisotopic (exact) mass is 398 g/mol. The van der Waals surface area contributed by atoms with Gasteiger partial charge in [0, 0.05) is 31.6 Å². The number of amides is 1. The minimum Gasteiger partial charge on any atom is -0.494 e. The van der Waals surface area contributed by atoms with Crippen LogP contribution >= 0.6 is 0 Å². The number of hydrogen-bond acceptors (Lipinski definition) is 6. The highest BCUT2D eigenvalue weighted by molar-refractivity contribution is 6.02. The lowest BCUT2D eigenvalue weighted by Crippen LogP contribution is -2.38. The van der Waals surface area contributed by atoms with Crippen molar-refractivity contribution in [2.75, 3.05) is 27.3 Å². The highest BCUT2D eigenvalue weighted by atomic mass is 16.5. The standard InChI is InChI=1S/C22H30N4O3/c1-25(17-7-4-3-5-8-17)21(27)9-6-12-29-18-10-11-19-16(13-18)14-26-15-20(28-2)24-22(26)23-19/h10-11,13,17H,3-9,12,14-15H2,1-2H3. The Hall–Kier alpha value is -2.57. The lowest BCUT2D eigenvalue weighted by molar-refractivity contribution is -0.132. The predicted molar refractivity (Wildman–Crippen MR) is 113 cm³/mol. The number of aliphatic imine (C=N–C) groups is 2. The fraction of sp³-hybridized carbons (Fsp3) is 0.591. The fourth-order valence-corrected chi connectivity index (χ4v) is 4.25. The smallest absolute Gasteiger partial charge is 0.229 e. The molecule has 3 aliphatic rings. The van der Waals surface area contributed by atoms with Gasteiger partial charge in [-0.1, -0.05) is 19.3 Å². The van der Waals surface area contributed by atoms with Crippen molar-refractivity contribution in [1.29, 1.82) is 0 Å². The van der Waals surface area contributed by atoms with Gasteiger partial charge in [0.05, 0.1) is 25.9 Å². The van der Waals surface area contributed by atoms with Crippen molar-refractivity contribution < 1.29 is 14.3 Å². The zero-order valence-electron chi connectivity index (χ0n) is 17.4. The number of carbonyl (C=O) groups is 1. The molecular formula is C22H30N4O3. The van der Waals surface area contributed by atoms with Crippen LogP contribution in [0.2, 0.25) is 0 Å². The second-order valence-electron chi connectivity index (χ2n) is 8.02. The Morgan fingerprint density at radius 1 is 1.21 bits per heavy atom. The van der Waals surface area contributed by atoms with Crippen molar-refractivity contribution in [2.24, 2.45) is 9.98 Å². The van der Waals surface area contributed by atoms with Gasteiger partial charge in [-0.05, 0) is 37.5 Å². The number of methoxy groups -OCH3 is 1. The second-order valence-corrected chi connectivity index (χ2v) is 8.02. The molecule has 1 saturated carbocycles. The summed E-state index contributed by atoms with van der Waals surface area (Å²) in [7, 11) is 3.59. The van der Waals surface area contributed by atoms with E-state index in [0.29, 0.717) is 37.5 Å². The third kappa shape index (κ3) is 4.54. The van der Waals surface area contributed by atoms with E-state index in [-0.39, 0.29) is 5.91 Å². The molecule has 0 spiro atoms. The van der Waals surface area contributed by atoms with Crippen LogP contribution in [0.25, 0.3) is 0 Å². The number of nitrogens with zero attached hydrogens (tertiary/aromatic N) is 4. The summed E-state index contributed by atoms with van der Waals surface area (Å²) >= 11 is 0. The first-order valence-electron chi connectivity index (χ1n) is 10.6. The first kappa shape index (κ1) is 19.7. The van der Waals surface area contributed by atoms with Gasteiger partial charge in [0.15, 0.2) is 0 Å². The van der Waals surface area contributed by atoms with Crippen LogP contribution in [0.5, 0.6) is 5.75 Å². The van der Waals surface area contributed by atoms with E-state index in [1.165, 1.54) is 19.3 Å². The molecule has 1 aromatic carbocycles. The van der Waals surface area contributed by atoms with Crippen molar-refractivity contribution in [2.45, 2.75) is 57.5 Å². The molecule has 0 bridgehead atoms. The molecule has 7 nitrogen and oxygen atoms in total. The van der Waals surface area contributed by atoms with Gasteiger partial charge in [-0.2, -0.15) is 4.99 Å². The molecule has 0 unspecified atom stereocenters. The maximum atomic E-state index is 12.4. The molecule has 1 aromatic rings. The first-order chi connectivity index (χ1) is 14.1. The summed E-state index contributed by atoms with van der Waals surface area (Å²) in [5, 5.41) is 0. The predicted octanol–water partition coefficient (Wildman–Crippen LogP) is 3.50. The molecule has 2 aliphatic heterocycles. The molecule has 29 heavy (non-hydrogen) atoms. The van der Waals surface area contributed by atoms with E-state index in [1.54, 1.807) is 7.11 Å². The SMILES string of the molecule is COC1=NC2=Nc3ccc(OCCCC(=O)N(C)C4CCCCC4)cc3CN2C1. The maximum Gasteiger partial charge on any atom is 0.229 e. The average Bonchev–Trinajstić information content (AvgIpc) is 3.16. The maximum absolute atomic E-state index is 12.4. The van der Waals surface area contributed by atoms with Gasteiger partial charge >= 0.3 is 0 Å². The van der Waals surface area contributed by atoms with E-state index in [2.05, 4.69) is 14.9 Å². The number of benzene rings is 1. The average molecular weight is 399 g/mol. The number of hydrogen-bond donors (Lipinski definition) is 0. The molecule has 2 heterocycles. The quantitative estimate of drug-likeness (QED) is 0.688. The molecule has 1 aliphatic carbocycles. The number of rotatable bonds is 6. The summed E-state index contributed by atoms with van der Waals surface area (Å²) in [6, 6.07) is 6.37. The van der Waals surface area contributed by atoms with E-state index in [4.69, 9.17) is 9.47 Å². The molecule has 7 heteroatoms. The van der Waals surface area contributed by atoms with Gasteiger partial charge < -0.3 is 19.3 Å². The molecule has 1 fully saturated rings. The molecule has 156 valence electrons. The summed E-state index contributed by atoms with van der Waals surface area (Å²) in [5.74, 6) is 2.46. The largest absolute Gasteiger partial charge is 0.494 e. The van der Waals surface area contributed by atoms with E-state index in [1.807, 2.05) is 30.1 Å². The topological polar surface area (TPSA) is 66.7 Å². The minimum atomic E-state index is 0.232. The molecule has 1 amide bonds. The summed E-state index contributed by atoms with van der Waals surface area (Å²) in [6.07, 6.45) is 7.34. The fourth-order valence-electron chi connectivity index (χ4n) is 4.25. The van der Waals surface area contributed by atoms with E-state index >= 15 is 0 Å². The second kappa shape index (κ2) is 8.84. The summed E-state index contributed by atoms with van der Waals surface area (Å²) in [4.78, 5) is 25.5. The Morgan fingerprint density at radius 2 is 2.03 bits per heavy atom. The van der Waals surface area contributed by atoms with Gasteiger partial charge in [0.2, 0.25) is 17.8 Å². The highest BCUT2D eigenvalue weighted by Crippen LogP contribution is 2.31. The first-order valence-corrected chi connectivity index (χ1v) is 10.6. The van der Waals surface area contributed by atoms with Gasteiger partial charge in [-0.15, -0.1) is 0 Å². The minimum absolute atomic E-state index is 0.232. The third-order valence-corrected chi connectivity index (χ3v) is 6.02. The number of guanidine groups is 1. The van der Waals surface area contributed by atoms with Gasteiger partial charge in [-0.25, -0.2) is 4.99 Å². The zero-order chi connectivity index (χ0) is 20.2. The Balaban J connectivity index is 1.25. The van der Waals surface area contributed by atoms with Crippen molar-refractivity contribution in [3.63, 3.8) is 0 Å². The lowest BCUT2D eigenvalue weighted by Gasteiger charge is -2.31. The van der Waals surface area contributed by atoms with E-state index in [9.17, 15) is 4.79 Å². The Bertz CT molecular complexity index is 814. The van der Waals surface area contributed by atoms with Crippen LogP contribution in [0.15, 0.2) is 28.2 Å². The molecule has 0 radical (unpaired) electrons. The zero-order valence-corrected chi connectivity index (χ0v) is 17.4. The van der Waals surface area contributed by atoms with E-state index < -0.39 is 0 Å². The number of fused-ring (bicyclic) bond motifs is 2. The molecule has 4 rings (SSSR count). The normalized spacial score (nSPS) is 18.5. The summed E-state index contributed by atoms with van der Waals surface area (Å²) < 4.78 is 11.1. The van der Waals surface area contributed by atoms with Crippen LogP contribution in [0.1, 0.15) is 50.5 Å². The van der Waals surface area contributed by atoms with Crippen LogP contribution < -0.4 is 4.74 Å². The van der Waals surface area contributed by atoms with Crippen molar-refractivity contribution in [1.82, 2.24) is 9.80 Å². The lowest BCUT2D eigenvalue weighted by atomic mass is 9.94. The highest BCUT2D eigenvalue weighted by Gasteiger charge is 2.27.